The number of ether oxygens (including phenoxy) is 1. The van der Waals surface area contributed by atoms with Gasteiger partial charge in [0.25, 0.3) is 11.5 Å². The zero-order chi connectivity index (χ0) is 21.4. The van der Waals surface area contributed by atoms with E-state index in [1.165, 1.54) is 52.1 Å². The van der Waals surface area contributed by atoms with E-state index in [4.69, 9.17) is 4.74 Å². The third-order valence-electron chi connectivity index (χ3n) is 4.56. The van der Waals surface area contributed by atoms with Crippen molar-refractivity contribution in [2.45, 2.75) is 28.9 Å². The highest BCUT2D eigenvalue weighted by molar-refractivity contribution is 8.00. The van der Waals surface area contributed by atoms with Crippen LogP contribution in [0.1, 0.15) is 39.8 Å². The number of fused-ring (bicyclic) bond motifs is 1. The van der Waals surface area contributed by atoms with Gasteiger partial charge in [0, 0.05) is 17.7 Å². The summed E-state index contributed by atoms with van der Waals surface area (Å²) in [6, 6.07) is 8.47. The molecule has 0 atom stereocenters. The van der Waals surface area contributed by atoms with Crippen molar-refractivity contribution in [1.29, 1.82) is 0 Å². The highest BCUT2D eigenvalue weighted by Crippen LogP contribution is 2.41. The fourth-order valence-corrected chi connectivity index (χ4v) is 5.62. The van der Waals surface area contributed by atoms with Gasteiger partial charge in [-0.15, -0.1) is 10.2 Å². The molecule has 158 valence electrons. The van der Waals surface area contributed by atoms with Crippen LogP contribution in [-0.4, -0.2) is 37.8 Å². The number of carbonyl (C=O) groups excluding carboxylic acids is 1. The number of nitrogens with zero attached hydrogens (tertiary/aromatic N) is 5. The van der Waals surface area contributed by atoms with Gasteiger partial charge in [-0.2, -0.15) is 9.61 Å². The Kier molecular flexibility index (Phi) is 5.42. The number of thioether (sulfide) groups is 1. The molecule has 0 aliphatic heterocycles. The summed E-state index contributed by atoms with van der Waals surface area (Å²) < 4.78 is 7.26. The number of nitrogens with one attached hydrogen (secondary N) is 1. The second-order valence-corrected chi connectivity index (χ2v) is 10.00. The van der Waals surface area contributed by atoms with Crippen molar-refractivity contribution >= 4 is 50.4 Å². The zero-order valence-electron chi connectivity index (χ0n) is 16.3. The lowest BCUT2D eigenvalue weighted by Gasteiger charge is -2.06. The second-order valence-electron chi connectivity index (χ2n) is 6.81. The van der Waals surface area contributed by atoms with Crippen molar-refractivity contribution in [3.05, 3.63) is 57.0 Å². The summed E-state index contributed by atoms with van der Waals surface area (Å²) in [5.41, 5.74) is 0.907. The van der Waals surface area contributed by atoms with Crippen molar-refractivity contribution < 1.29 is 9.53 Å². The number of hydrogen-bond acceptors (Lipinski definition) is 10. The quantitative estimate of drug-likeness (QED) is 0.322. The predicted octanol–water partition coefficient (Wildman–Crippen LogP) is 3.43. The lowest BCUT2D eigenvalue weighted by molar-refractivity contribution is 0.102. The van der Waals surface area contributed by atoms with Crippen LogP contribution in [0.15, 0.2) is 39.5 Å². The smallest absolute Gasteiger partial charge is 0.275 e. The van der Waals surface area contributed by atoms with Crippen LogP contribution in [0.25, 0.3) is 4.96 Å². The number of para-hydroxylation sites is 1. The number of methoxy groups -OCH3 is 1. The SMILES string of the molecule is COc1ccccc1C(=O)Nc1nnc(SCc2cc(=O)n3nc(C4CC4)sc3n2)s1. The first-order valence-electron chi connectivity index (χ1n) is 9.41. The lowest BCUT2D eigenvalue weighted by atomic mass is 10.2. The van der Waals surface area contributed by atoms with E-state index < -0.39 is 0 Å². The summed E-state index contributed by atoms with van der Waals surface area (Å²) in [7, 11) is 1.52. The highest BCUT2D eigenvalue weighted by atomic mass is 32.2. The summed E-state index contributed by atoms with van der Waals surface area (Å²) >= 11 is 4.15. The van der Waals surface area contributed by atoms with Crippen molar-refractivity contribution in [3.63, 3.8) is 0 Å². The average Bonchev–Trinajstić information content (AvgIpc) is 3.38. The molecule has 31 heavy (non-hydrogen) atoms. The topological polar surface area (TPSA) is 111 Å². The minimum atomic E-state index is -0.318. The van der Waals surface area contributed by atoms with Crippen LogP contribution in [0.5, 0.6) is 5.75 Å². The monoisotopic (exact) mass is 472 g/mol. The van der Waals surface area contributed by atoms with E-state index in [0.717, 1.165) is 17.8 Å². The minimum Gasteiger partial charge on any atom is -0.496 e. The molecule has 0 radical (unpaired) electrons. The molecule has 9 nitrogen and oxygen atoms in total. The van der Waals surface area contributed by atoms with Gasteiger partial charge in [-0.1, -0.05) is 46.6 Å². The molecule has 0 spiro atoms. The van der Waals surface area contributed by atoms with Gasteiger partial charge in [0.05, 0.1) is 18.4 Å². The van der Waals surface area contributed by atoms with E-state index in [2.05, 4.69) is 25.6 Å². The van der Waals surface area contributed by atoms with Crippen molar-refractivity contribution in [2.24, 2.45) is 0 Å². The molecule has 1 aromatic carbocycles. The molecule has 1 N–H and O–H groups in total. The summed E-state index contributed by atoms with van der Waals surface area (Å²) in [5, 5.41) is 16.6. The molecule has 1 fully saturated rings. The van der Waals surface area contributed by atoms with E-state index in [0.29, 0.717) is 43.1 Å². The Labute approximate surface area is 188 Å². The van der Waals surface area contributed by atoms with Gasteiger partial charge in [0.1, 0.15) is 10.8 Å². The number of rotatable bonds is 7. The third-order valence-corrected chi connectivity index (χ3v) is 7.64. The van der Waals surface area contributed by atoms with Gasteiger partial charge >= 0.3 is 0 Å². The molecule has 0 saturated heterocycles. The largest absolute Gasteiger partial charge is 0.496 e. The molecule has 0 bridgehead atoms. The van der Waals surface area contributed by atoms with Crippen molar-refractivity contribution in [1.82, 2.24) is 24.8 Å². The van der Waals surface area contributed by atoms with E-state index in [1.807, 2.05) is 0 Å². The van der Waals surface area contributed by atoms with E-state index in [9.17, 15) is 9.59 Å². The molecule has 3 aromatic heterocycles. The summed E-state index contributed by atoms with van der Waals surface area (Å²) in [4.78, 5) is 30.0. The van der Waals surface area contributed by atoms with Crippen LogP contribution < -0.4 is 15.6 Å². The van der Waals surface area contributed by atoms with Gasteiger partial charge in [-0.3, -0.25) is 14.9 Å². The van der Waals surface area contributed by atoms with Crippen LogP contribution in [0.4, 0.5) is 5.13 Å². The Hall–Kier alpha value is -2.83. The Bertz CT molecular complexity index is 1330. The number of hydrogen-bond donors (Lipinski definition) is 1. The minimum absolute atomic E-state index is 0.175. The van der Waals surface area contributed by atoms with Crippen LogP contribution in [0, 0.1) is 0 Å². The van der Waals surface area contributed by atoms with Crippen LogP contribution >= 0.6 is 34.4 Å². The third kappa shape index (κ3) is 4.31. The molecule has 1 aliphatic carbocycles. The average molecular weight is 473 g/mol. The molecule has 1 amide bonds. The predicted molar refractivity (Wildman–Crippen MR) is 120 cm³/mol. The Morgan fingerprint density at radius 3 is 2.94 bits per heavy atom. The fraction of sp³-hybridized carbons (Fsp3) is 0.263. The van der Waals surface area contributed by atoms with Crippen LogP contribution in [0.3, 0.4) is 0 Å². The molecule has 1 aliphatic rings. The lowest BCUT2D eigenvalue weighted by Crippen LogP contribution is -2.15. The maximum Gasteiger partial charge on any atom is 0.275 e. The standard InChI is InChI=1S/C19H16N6O3S3/c1-28-13-5-3-2-4-12(13)15(27)21-17-22-23-19(31-17)29-9-11-8-14(26)25-18(20-11)30-16(24-25)10-6-7-10/h2-5,8,10H,6-7,9H2,1H3,(H,21,22,27). The molecular formula is C19H16N6O3S3. The van der Waals surface area contributed by atoms with Gasteiger partial charge in [-0.05, 0) is 25.0 Å². The maximum atomic E-state index is 12.5. The molecular weight excluding hydrogens is 456 g/mol. The number of benzene rings is 1. The molecule has 4 aromatic rings. The highest BCUT2D eigenvalue weighted by Gasteiger charge is 2.28. The zero-order valence-corrected chi connectivity index (χ0v) is 18.7. The van der Waals surface area contributed by atoms with Crippen molar-refractivity contribution in [2.75, 3.05) is 12.4 Å². The van der Waals surface area contributed by atoms with Crippen LogP contribution in [0.2, 0.25) is 0 Å². The van der Waals surface area contributed by atoms with Gasteiger partial charge in [0.15, 0.2) is 4.34 Å². The Balaban J connectivity index is 1.26. The molecule has 1 saturated carbocycles. The first-order valence-corrected chi connectivity index (χ1v) is 12.0. The van der Waals surface area contributed by atoms with E-state index in [-0.39, 0.29) is 11.5 Å². The number of aromatic nitrogens is 5. The Morgan fingerprint density at radius 2 is 2.13 bits per heavy atom. The van der Waals surface area contributed by atoms with Gasteiger partial charge < -0.3 is 4.74 Å². The summed E-state index contributed by atoms with van der Waals surface area (Å²) in [5.74, 6) is 1.12. The van der Waals surface area contributed by atoms with Gasteiger partial charge in [-0.25, -0.2) is 4.98 Å². The number of amides is 1. The van der Waals surface area contributed by atoms with E-state index in [1.54, 1.807) is 24.3 Å². The summed E-state index contributed by atoms with van der Waals surface area (Å²) in [6.07, 6.45) is 2.26. The number of carbonyl (C=O) groups is 1. The van der Waals surface area contributed by atoms with E-state index >= 15 is 0 Å². The first-order chi connectivity index (χ1) is 15.1. The first kappa shape index (κ1) is 20.1. The molecule has 3 heterocycles. The summed E-state index contributed by atoms with van der Waals surface area (Å²) in [6.45, 7) is 0. The maximum absolute atomic E-state index is 12.5. The molecule has 12 heteroatoms. The molecule has 5 rings (SSSR count). The van der Waals surface area contributed by atoms with Gasteiger partial charge in [0.2, 0.25) is 10.1 Å². The van der Waals surface area contributed by atoms with Crippen molar-refractivity contribution in [3.8, 4) is 5.75 Å². The number of anilines is 1. The fourth-order valence-electron chi connectivity index (χ4n) is 2.89. The second kappa shape index (κ2) is 8.36. The molecule has 0 unspecified atom stereocenters. The Morgan fingerprint density at radius 1 is 1.29 bits per heavy atom. The normalized spacial score (nSPS) is 13.5. The van der Waals surface area contributed by atoms with Crippen LogP contribution in [-0.2, 0) is 5.75 Å².